The normalized spacial score (nSPS) is 21.2. The lowest BCUT2D eigenvalue weighted by atomic mass is 10.1. The van der Waals surface area contributed by atoms with Gasteiger partial charge in [0.15, 0.2) is 0 Å². The molecule has 1 aliphatic carbocycles. The number of carbonyl (C=O) groups is 1. The van der Waals surface area contributed by atoms with Gasteiger partial charge in [0, 0.05) is 24.2 Å². The van der Waals surface area contributed by atoms with Crippen LogP contribution in [0.15, 0.2) is 9.59 Å². The Morgan fingerprint density at radius 1 is 1.37 bits per heavy atom. The van der Waals surface area contributed by atoms with Crippen molar-refractivity contribution in [2.75, 3.05) is 6.54 Å². The van der Waals surface area contributed by atoms with Crippen LogP contribution in [0.2, 0.25) is 0 Å². The van der Waals surface area contributed by atoms with Crippen molar-refractivity contribution in [1.29, 1.82) is 0 Å². The third-order valence-electron chi connectivity index (χ3n) is 3.69. The summed E-state index contributed by atoms with van der Waals surface area (Å²) in [6.07, 6.45) is 1.78. The van der Waals surface area contributed by atoms with Crippen molar-refractivity contribution in [2.45, 2.75) is 33.1 Å². The number of aromatic nitrogens is 2. The summed E-state index contributed by atoms with van der Waals surface area (Å²) in [5.74, 6) is 1.27. The fourth-order valence-electron chi connectivity index (χ4n) is 2.18. The maximum Gasteiger partial charge on any atom is 0.325 e. The van der Waals surface area contributed by atoms with E-state index in [2.05, 4.69) is 22.2 Å². The molecule has 1 heterocycles. The predicted molar refractivity (Wildman–Crippen MR) is 71.0 cm³/mol. The van der Waals surface area contributed by atoms with Crippen molar-refractivity contribution in [1.82, 2.24) is 15.3 Å². The molecule has 2 atom stereocenters. The highest BCUT2D eigenvalue weighted by molar-refractivity contribution is 5.76. The summed E-state index contributed by atoms with van der Waals surface area (Å²) in [7, 11) is 0. The minimum absolute atomic E-state index is 0.0518. The Kier molecular flexibility index (Phi) is 3.87. The molecule has 19 heavy (non-hydrogen) atoms. The third-order valence-corrected chi connectivity index (χ3v) is 3.69. The summed E-state index contributed by atoms with van der Waals surface area (Å²) in [4.78, 5) is 39.0. The van der Waals surface area contributed by atoms with Gasteiger partial charge in [-0.05, 0) is 31.6 Å². The van der Waals surface area contributed by atoms with E-state index in [1.807, 2.05) is 0 Å². The molecule has 0 saturated heterocycles. The van der Waals surface area contributed by atoms with E-state index >= 15 is 0 Å². The molecule has 0 aliphatic heterocycles. The summed E-state index contributed by atoms with van der Waals surface area (Å²) in [5, 5.41) is 2.87. The van der Waals surface area contributed by atoms with Crippen molar-refractivity contribution in [3.8, 4) is 0 Å². The van der Waals surface area contributed by atoms with Crippen LogP contribution in [0.4, 0.5) is 0 Å². The maximum absolute atomic E-state index is 11.6. The number of carbonyl (C=O) groups excluding carboxylic acids is 1. The Bertz CT molecular complexity index is 588. The molecule has 1 amide bonds. The van der Waals surface area contributed by atoms with Crippen LogP contribution in [0.3, 0.4) is 0 Å². The van der Waals surface area contributed by atoms with E-state index < -0.39 is 11.2 Å². The first kappa shape index (κ1) is 13.6. The molecule has 0 aromatic carbocycles. The highest BCUT2D eigenvalue weighted by Crippen LogP contribution is 2.36. The van der Waals surface area contributed by atoms with Crippen LogP contribution >= 0.6 is 0 Å². The SMILES string of the molecule is Cc1[nH]c(=O)[nH]c(=O)c1CCC(=O)NC[C@@H]1C[C@@H]1C. The first-order chi connectivity index (χ1) is 8.97. The first-order valence-electron chi connectivity index (χ1n) is 6.56. The van der Waals surface area contributed by atoms with Gasteiger partial charge in [-0.15, -0.1) is 0 Å². The van der Waals surface area contributed by atoms with Crippen LogP contribution in [0, 0.1) is 18.8 Å². The minimum Gasteiger partial charge on any atom is -0.356 e. The standard InChI is InChI=1S/C13H19N3O3/c1-7-5-9(7)6-14-11(17)4-3-10-8(2)15-13(19)16-12(10)18/h7,9H,3-6H2,1-2H3,(H,14,17)(H2,15,16,18,19)/t7-,9-/m0/s1. The zero-order valence-corrected chi connectivity index (χ0v) is 11.2. The van der Waals surface area contributed by atoms with Crippen molar-refractivity contribution in [3.63, 3.8) is 0 Å². The van der Waals surface area contributed by atoms with E-state index in [9.17, 15) is 14.4 Å². The van der Waals surface area contributed by atoms with Crippen molar-refractivity contribution in [3.05, 3.63) is 32.1 Å². The van der Waals surface area contributed by atoms with Gasteiger partial charge in [0.05, 0.1) is 0 Å². The number of aryl methyl sites for hydroxylation is 1. The average molecular weight is 265 g/mol. The van der Waals surface area contributed by atoms with Crippen LogP contribution in [0.1, 0.15) is 31.0 Å². The van der Waals surface area contributed by atoms with Gasteiger partial charge in [0.1, 0.15) is 0 Å². The Morgan fingerprint density at radius 3 is 2.63 bits per heavy atom. The van der Waals surface area contributed by atoms with Gasteiger partial charge < -0.3 is 10.3 Å². The molecule has 6 heteroatoms. The van der Waals surface area contributed by atoms with E-state index in [0.717, 1.165) is 6.54 Å². The second kappa shape index (κ2) is 5.42. The fraction of sp³-hybridized carbons (Fsp3) is 0.615. The van der Waals surface area contributed by atoms with Crippen LogP contribution < -0.4 is 16.6 Å². The van der Waals surface area contributed by atoms with E-state index in [0.29, 0.717) is 29.5 Å². The van der Waals surface area contributed by atoms with Crippen LogP contribution in [-0.4, -0.2) is 22.4 Å². The summed E-state index contributed by atoms with van der Waals surface area (Å²) in [5.41, 5.74) is 0.0650. The molecule has 0 bridgehead atoms. The van der Waals surface area contributed by atoms with Crippen molar-refractivity contribution in [2.24, 2.45) is 11.8 Å². The highest BCUT2D eigenvalue weighted by atomic mass is 16.2. The number of aromatic amines is 2. The lowest BCUT2D eigenvalue weighted by molar-refractivity contribution is -0.121. The van der Waals surface area contributed by atoms with Crippen LogP contribution in [0.5, 0.6) is 0 Å². The fourth-order valence-corrected chi connectivity index (χ4v) is 2.18. The molecule has 0 spiro atoms. The minimum atomic E-state index is -0.515. The topological polar surface area (TPSA) is 94.8 Å². The Labute approximate surface area is 110 Å². The molecular weight excluding hydrogens is 246 g/mol. The number of amides is 1. The third kappa shape index (κ3) is 3.56. The molecule has 1 saturated carbocycles. The van der Waals surface area contributed by atoms with Gasteiger partial charge >= 0.3 is 5.69 Å². The Hall–Kier alpha value is -1.85. The maximum atomic E-state index is 11.6. The summed E-state index contributed by atoms with van der Waals surface area (Å²) >= 11 is 0. The second-order valence-electron chi connectivity index (χ2n) is 5.29. The smallest absolute Gasteiger partial charge is 0.325 e. The van der Waals surface area contributed by atoms with E-state index in [1.54, 1.807) is 6.92 Å². The van der Waals surface area contributed by atoms with Gasteiger partial charge in [-0.1, -0.05) is 6.92 Å². The number of nitrogens with one attached hydrogen (secondary N) is 3. The molecule has 2 rings (SSSR count). The van der Waals surface area contributed by atoms with Crippen LogP contribution in [-0.2, 0) is 11.2 Å². The largest absolute Gasteiger partial charge is 0.356 e. The molecule has 0 radical (unpaired) electrons. The quantitative estimate of drug-likeness (QED) is 0.703. The second-order valence-corrected chi connectivity index (χ2v) is 5.29. The number of hydrogen-bond donors (Lipinski definition) is 3. The average Bonchev–Trinajstić information content (AvgIpc) is 3.01. The zero-order valence-electron chi connectivity index (χ0n) is 11.2. The van der Waals surface area contributed by atoms with Gasteiger partial charge in [0.25, 0.3) is 5.56 Å². The zero-order chi connectivity index (χ0) is 14.0. The van der Waals surface area contributed by atoms with Gasteiger partial charge in [-0.25, -0.2) is 4.79 Å². The molecule has 6 nitrogen and oxygen atoms in total. The van der Waals surface area contributed by atoms with E-state index in [-0.39, 0.29) is 12.3 Å². The van der Waals surface area contributed by atoms with Gasteiger partial charge in [-0.2, -0.15) is 0 Å². The molecule has 1 fully saturated rings. The Balaban J connectivity index is 1.86. The Morgan fingerprint density at radius 2 is 2.05 bits per heavy atom. The monoisotopic (exact) mass is 265 g/mol. The van der Waals surface area contributed by atoms with E-state index in [4.69, 9.17) is 0 Å². The lowest BCUT2D eigenvalue weighted by Crippen LogP contribution is -2.30. The summed E-state index contributed by atoms with van der Waals surface area (Å²) < 4.78 is 0. The number of rotatable bonds is 5. The van der Waals surface area contributed by atoms with Gasteiger partial charge in [-0.3, -0.25) is 14.6 Å². The molecule has 1 aromatic heterocycles. The van der Waals surface area contributed by atoms with Crippen molar-refractivity contribution < 1.29 is 4.79 Å². The predicted octanol–water partition coefficient (Wildman–Crippen LogP) is 0.0764. The lowest BCUT2D eigenvalue weighted by Gasteiger charge is -2.05. The first-order valence-corrected chi connectivity index (χ1v) is 6.56. The van der Waals surface area contributed by atoms with E-state index in [1.165, 1.54) is 6.42 Å². The molecule has 3 N–H and O–H groups in total. The summed E-state index contributed by atoms with van der Waals surface area (Å²) in [6.45, 7) is 4.55. The van der Waals surface area contributed by atoms with Crippen molar-refractivity contribution >= 4 is 5.91 Å². The number of hydrogen-bond acceptors (Lipinski definition) is 3. The molecule has 1 aromatic rings. The summed E-state index contributed by atoms with van der Waals surface area (Å²) in [6, 6.07) is 0. The molecule has 0 unspecified atom stereocenters. The van der Waals surface area contributed by atoms with Crippen LogP contribution in [0.25, 0.3) is 0 Å². The highest BCUT2D eigenvalue weighted by Gasteiger charge is 2.32. The molecular formula is C13H19N3O3. The molecule has 104 valence electrons. The van der Waals surface area contributed by atoms with Gasteiger partial charge in [0.2, 0.25) is 5.91 Å². The molecule has 1 aliphatic rings. The number of H-pyrrole nitrogens is 2.